The summed E-state index contributed by atoms with van der Waals surface area (Å²) in [4.78, 5) is 7.67. The van der Waals surface area contributed by atoms with Crippen LogP contribution in [0.4, 0.5) is 0 Å². The largest absolute Gasteiger partial charge is 0.504 e. The molecule has 2 aromatic heterocycles. The van der Waals surface area contributed by atoms with Crippen LogP contribution in [0.15, 0.2) is 49.1 Å². The first-order chi connectivity index (χ1) is 7.79. The van der Waals surface area contributed by atoms with Gasteiger partial charge in [0.05, 0.1) is 0 Å². The summed E-state index contributed by atoms with van der Waals surface area (Å²) in [6.45, 7) is 0. The van der Waals surface area contributed by atoms with Gasteiger partial charge >= 0.3 is 0 Å². The molecule has 2 aromatic rings. The number of aromatic nitrogens is 2. The topological polar surface area (TPSA) is 66.2 Å². The smallest absolute Gasteiger partial charge is 0.165 e. The van der Waals surface area contributed by atoms with Crippen molar-refractivity contribution in [2.45, 2.75) is 0 Å². The summed E-state index contributed by atoms with van der Waals surface area (Å²) in [5, 5.41) is 19.6. The summed E-state index contributed by atoms with van der Waals surface area (Å²) < 4.78 is 0. The highest BCUT2D eigenvalue weighted by atomic mass is 16.3. The highest BCUT2D eigenvalue weighted by molar-refractivity contribution is 5.81. The van der Waals surface area contributed by atoms with E-state index in [0.717, 1.165) is 0 Å². The first-order valence-electron chi connectivity index (χ1n) is 4.72. The minimum atomic E-state index is -0.173. The second kappa shape index (κ2) is 4.44. The maximum Gasteiger partial charge on any atom is 0.165 e. The molecule has 2 heterocycles. The van der Waals surface area contributed by atoms with Crippen molar-refractivity contribution < 1.29 is 10.2 Å². The van der Waals surface area contributed by atoms with E-state index >= 15 is 0 Å². The maximum absolute atomic E-state index is 9.82. The van der Waals surface area contributed by atoms with Crippen molar-refractivity contribution in [1.82, 2.24) is 9.97 Å². The second-order valence-corrected chi connectivity index (χ2v) is 3.17. The van der Waals surface area contributed by atoms with Gasteiger partial charge in [0.25, 0.3) is 0 Å². The lowest BCUT2D eigenvalue weighted by atomic mass is 10.1. The van der Waals surface area contributed by atoms with Crippen molar-refractivity contribution in [1.29, 1.82) is 0 Å². The lowest BCUT2D eigenvalue weighted by Gasteiger charge is -2.04. The molecule has 80 valence electrons. The predicted molar refractivity (Wildman–Crippen MR) is 60.5 cm³/mol. The molecule has 0 aliphatic heterocycles. The molecule has 0 bridgehead atoms. The standard InChI is InChI=1S/C12H10N2O2/c15-11(9-1-5-13-6-2-9)12(16)10-3-7-14-8-4-10/h1-8,15-16H/b12-11+. The summed E-state index contributed by atoms with van der Waals surface area (Å²) in [5.74, 6) is -0.345. The molecule has 0 atom stereocenters. The van der Waals surface area contributed by atoms with Crippen molar-refractivity contribution in [3.05, 3.63) is 60.2 Å². The Hall–Kier alpha value is -2.36. The maximum atomic E-state index is 9.82. The van der Waals surface area contributed by atoms with Crippen molar-refractivity contribution >= 4 is 11.5 Å². The zero-order chi connectivity index (χ0) is 11.4. The molecule has 0 amide bonds. The van der Waals surface area contributed by atoms with Gasteiger partial charge in [0.15, 0.2) is 11.5 Å². The minimum absolute atomic E-state index is 0.173. The van der Waals surface area contributed by atoms with E-state index in [9.17, 15) is 10.2 Å². The fourth-order valence-corrected chi connectivity index (χ4v) is 1.29. The van der Waals surface area contributed by atoms with Crippen LogP contribution in [0.5, 0.6) is 0 Å². The summed E-state index contributed by atoms with van der Waals surface area (Å²) in [6, 6.07) is 6.47. The van der Waals surface area contributed by atoms with Crippen molar-refractivity contribution in [2.75, 3.05) is 0 Å². The normalized spacial score (nSPS) is 12.0. The molecule has 0 spiro atoms. The molecule has 0 aromatic carbocycles. The van der Waals surface area contributed by atoms with Gasteiger partial charge in [0.1, 0.15) is 0 Å². The van der Waals surface area contributed by atoms with E-state index in [1.54, 1.807) is 49.1 Å². The third-order valence-electron chi connectivity index (χ3n) is 2.13. The average molecular weight is 214 g/mol. The van der Waals surface area contributed by atoms with Crippen molar-refractivity contribution in [2.24, 2.45) is 0 Å². The van der Waals surface area contributed by atoms with Crippen LogP contribution in [0.3, 0.4) is 0 Å². The van der Waals surface area contributed by atoms with Crippen LogP contribution in [0.25, 0.3) is 11.5 Å². The summed E-state index contributed by atoms with van der Waals surface area (Å²) in [5.41, 5.74) is 1.04. The zero-order valence-corrected chi connectivity index (χ0v) is 8.41. The van der Waals surface area contributed by atoms with Gasteiger partial charge in [0, 0.05) is 35.9 Å². The Labute approximate surface area is 92.6 Å². The van der Waals surface area contributed by atoms with Gasteiger partial charge in [0.2, 0.25) is 0 Å². The van der Waals surface area contributed by atoms with E-state index in [-0.39, 0.29) is 11.5 Å². The second-order valence-electron chi connectivity index (χ2n) is 3.17. The van der Waals surface area contributed by atoms with Crippen LogP contribution in [0.2, 0.25) is 0 Å². The van der Waals surface area contributed by atoms with Crippen LogP contribution in [0.1, 0.15) is 11.1 Å². The van der Waals surface area contributed by atoms with Gasteiger partial charge in [-0.1, -0.05) is 0 Å². The number of aliphatic hydroxyl groups excluding tert-OH is 2. The molecule has 4 nitrogen and oxygen atoms in total. The van der Waals surface area contributed by atoms with E-state index in [1.807, 2.05) is 0 Å². The summed E-state index contributed by atoms with van der Waals surface area (Å²) >= 11 is 0. The minimum Gasteiger partial charge on any atom is -0.504 e. The number of hydrogen-bond acceptors (Lipinski definition) is 4. The van der Waals surface area contributed by atoms with Crippen LogP contribution >= 0.6 is 0 Å². The molecule has 0 fully saturated rings. The fraction of sp³-hybridized carbons (Fsp3) is 0. The Morgan fingerprint density at radius 2 is 1.00 bits per heavy atom. The molecule has 4 heteroatoms. The average Bonchev–Trinajstić information content (AvgIpc) is 2.39. The van der Waals surface area contributed by atoms with Crippen LogP contribution in [0, 0.1) is 0 Å². The Morgan fingerprint density at radius 3 is 1.31 bits per heavy atom. The van der Waals surface area contributed by atoms with Gasteiger partial charge < -0.3 is 10.2 Å². The molecule has 0 saturated carbocycles. The van der Waals surface area contributed by atoms with Crippen molar-refractivity contribution in [3.8, 4) is 0 Å². The van der Waals surface area contributed by atoms with Crippen LogP contribution in [-0.4, -0.2) is 20.2 Å². The van der Waals surface area contributed by atoms with E-state index in [4.69, 9.17) is 0 Å². The fourth-order valence-electron chi connectivity index (χ4n) is 1.29. The number of hydrogen-bond donors (Lipinski definition) is 2. The van der Waals surface area contributed by atoms with Crippen LogP contribution < -0.4 is 0 Å². The molecule has 0 unspecified atom stereocenters. The summed E-state index contributed by atoms with van der Waals surface area (Å²) in [6.07, 6.45) is 6.19. The third-order valence-corrected chi connectivity index (χ3v) is 2.13. The van der Waals surface area contributed by atoms with Crippen LogP contribution in [-0.2, 0) is 0 Å². The Bertz CT molecular complexity index is 447. The van der Waals surface area contributed by atoms with E-state index in [2.05, 4.69) is 9.97 Å². The number of aliphatic hydroxyl groups is 2. The van der Waals surface area contributed by atoms with Gasteiger partial charge in [-0.15, -0.1) is 0 Å². The van der Waals surface area contributed by atoms with Gasteiger partial charge in [-0.25, -0.2) is 0 Å². The lowest BCUT2D eigenvalue weighted by Crippen LogP contribution is -1.91. The molecule has 2 N–H and O–H groups in total. The molecule has 0 radical (unpaired) electrons. The van der Waals surface area contributed by atoms with E-state index in [0.29, 0.717) is 11.1 Å². The van der Waals surface area contributed by atoms with E-state index in [1.165, 1.54) is 0 Å². The van der Waals surface area contributed by atoms with Crippen molar-refractivity contribution in [3.63, 3.8) is 0 Å². The van der Waals surface area contributed by atoms with Gasteiger partial charge in [-0.05, 0) is 24.3 Å². The molecule has 0 aliphatic rings. The molecular formula is C12H10N2O2. The SMILES string of the molecule is O/C(=C(/O)c1ccncc1)c1ccncc1. The Morgan fingerprint density at radius 1 is 0.688 bits per heavy atom. The molecule has 0 saturated heterocycles. The highest BCUT2D eigenvalue weighted by Gasteiger charge is 2.08. The molecule has 0 aliphatic carbocycles. The summed E-state index contributed by atoms with van der Waals surface area (Å²) in [7, 11) is 0. The number of pyridine rings is 2. The molecule has 2 rings (SSSR count). The highest BCUT2D eigenvalue weighted by Crippen LogP contribution is 2.20. The molecule has 16 heavy (non-hydrogen) atoms. The Kier molecular flexibility index (Phi) is 2.82. The van der Waals surface area contributed by atoms with Gasteiger partial charge in [-0.3, -0.25) is 9.97 Å². The first kappa shape index (κ1) is 10.2. The van der Waals surface area contributed by atoms with Gasteiger partial charge in [-0.2, -0.15) is 0 Å². The third kappa shape index (κ3) is 2.00. The first-order valence-corrected chi connectivity index (χ1v) is 4.72. The lowest BCUT2D eigenvalue weighted by molar-refractivity contribution is 0.459. The Balaban J connectivity index is 2.43. The quantitative estimate of drug-likeness (QED) is 0.753. The zero-order valence-electron chi connectivity index (χ0n) is 8.41. The molecular weight excluding hydrogens is 204 g/mol. The number of nitrogens with zero attached hydrogens (tertiary/aromatic N) is 2. The monoisotopic (exact) mass is 214 g/mol. The van der Waals surface area contributed by atoms with E-state index < -0.39 is 0 Å². The predicted octanol–water partition coefficient (Wildman–Crippen LogP) is 2.42. The number of rotatable bonds is 2.